The van der Waals surface area contributed by atoms with Gasteiger partial charge < -0.3 is 94.9 Å². The molecule has 0 aromatic rings. The molecule has 3 rings (SSSR count). The van der Waals surface area contributed by atoms with E-state index in [0.29, 0.717) is 0 Å². The minimum absolute atomic E-state index is 0.0311. The van der Waals surface area contributed by atoms with Gasteiger partial charge in [0.05, 0.1) is 51.2 Å². The second-order valence-electron chi connectivity index (χ2n) is 12.1. The second-order valence-corrected chi connectivity index (χ2v) is 12.1. The lowest BCUT2D eigenvalue weighted by Crippen LogP contribution is -2.70. The quantitative estimate of drug-likeness (QED) is 0.0747. The molecule has 3 fully saturated rings. The molecule has 2 heterocycles. The number of aliphatic hydroxyl groups is 7. The summed E-state index contributed by atoms with van der Waals surface area (Å²) in [4.78, 5) is 49.4. The number of hydrogen-bond donors (Lipinski definition) is 11. The molecule has 23 nitrogen and oxygen atoms in total. The van der Waals surface area contributed by atoms with Crippen molar-refractivity contribution < 1.29 is 92.8 Å². The van der Waals surface area contributed by atoms with Crippen molar-refractivity contribution in [3.05, 3.63) is 0 Å². The van der Waals surface area contributed by atoms with Crippen LogP contribution in [0.5, 0.6) is 0 Å². The third-order valence-corrected chi connectivity index (χ3v) is 8.55. The summed E-state index contributed by atoms with van der Waals surface area (Å²) in [6.45, 7) is 4.73. The highest BCUT2D eigenvalue weighted by Gasteiger charge is 2.54. The molecule has 0 aromatic carbocycles. The van der Waals surface area contributed by atoms with Crippen molar-refractivity contribution in [2.24, 2.45) is 0 Å². The lowest BCUT2D eigenvalue weighted by molar-refractivity contribution is -0.334. The van der Waals surface area contributed by atoms with Gasteiger partial charge >= 0.3 is 24.4 Å². The molecule has 3 aliphatic rings. The van der Waals surface area contributed by atoms with E-state index in [0.717, 1.165) is 0 Å². The normalized spacial score (nSPS) is 37.1. The SMILES string of the molecule is CCOC(=O)NC[C@H]1O[C@H](O[C@H]2[C@H](O)[C@@H](O[C@@H]3O[C@H](CO)[C@@H](O)[C@H](NC(=O)OCC)[C@H]3O)[C@H](NC(=O)OCC)C[C@@H]2NC(=O)OCC)[C@H](O)[C@@H](O)[C@@H]1O. The molecule has 0 aromatic heterocycles. The van der Waals surface area contributed by atoms with Crippen LogP contribution in [-0.2, 0) is 37.9 Å². The van der Waals surface area contributed by atoms with E-state index in [9.17, 15) is 54.9 Å². The Hall–Kier alpha value is -3.36. The van der Waals surface area contributed by atoms with E-state index in [1.807, 2.05) is 0 Å². The van der Waals surface area contributed by atoms with Crippen LogP contribution in [0, 0.1) is 0 Å². The predicted octanol–water partition coefficient (Wildman–Crippen LogP) is -4.14. The summed E-state index contributed by atoms with van der Waals surface area (Å²) in [5.41, 5.74) is 0. The van der Waals surface area contributed by atoms with Gasteiger partial charge in [0.15, 0.2) is 12.6 Å². The number of carbonyl (C=O) groups is 4. The molecule has 2 aliphatic heterocycles. The summed E-state index contributed by atoms with van der Waals surface area (Å²) >= 11 is 0. The summed E-state index contributed by atoms with van der Waals surface area (Å²) in [5, 5.41) is 85.3. The van der Waals surface area contributed by atoms with Crippen molar-refractivity contribution in [2.75, 3.05) is 39.6 Å². The van der Waals surface area contributed by atoms with Gasteiger partial charge in [-0.15, -0.1) is 0 Å². The van der Waals surface area contributed by atoms with Crippen LogP contribution in [0.15, 0.2) is 0 Å². The third kappa shape index (κ3) is 11.6. The zero-order valence-electron chi connectivity index (χ0n) is 29.6. The smallest absolute Gasteiger partial charge is 0.407 e. The second kappa shape index (κ2) is 20.9. The highest BCUT2D eigenvalue weighted by molar-refractivity contribution is 5.69. The van der Waals surface area contributed by atoms with Crippen LogP contribution >= 0.6 is 0 Å². The van der Waals surface area contributed by atoms with Crippen molar-refractivity contribution in [1.29, 1.82) is 0 Å². The van der Waals surface area contributed by atoms with Gasteiger partial charge in [0, 0.05) is 6.54 Å². The Bertz CT molecular complexity index is 1190. The number of ether oxygens (including phenoxy) is 8. The molecular formula is C30H52N4O19. The van der Waals surface area contributed by atoms with Gasteiger partial charge in [-0.3, -0.25) is 0 Å². The van der Waals surface area contributed by atoms with Gasteiger partial charge in [-0.05, 0) is 34.1 Å². The van der Waals surface area contributed by atoms with Gasteiger partial charge in [-0.2, -0.15) is 0 Å². The van der Waals surface area contributed by atoms with Crippen LogP contribution in [0.3, 0.4) is 0 Å². The number of aliphatic hydroxyl groups excluding tert-OH is 7. The molecule has 1 saturated carbocycles. The van der Waals surface area contributed by atoms with E-state index < -0.39 is 129 Å². The Labute approximate surface area is 304 Å². The van der Waals surface area contributed by atoms with Crippen molar-refractivity contribution in [3.8, 4) is 0 Å². The largest absolute Gasteiger partial charge is 0.450 e. The van der Waals surface area contributed by atoms with Gasteiger partial charge in [-0.25, -0.2) is 19.2 Å². The molecule has 1 aliphatic carbocycles. The minimum Gasteiger partial charge on any atom is -0.450 e. The van der Waals surface area contributed by atoms with Crippen molar-refractivity contribution in [1.82, 2.24) is 21.3 Å². The van der Waals surface area contributed by atoms with Crippen LogP contribution in [0.4, 0.5) is 19.2 Å². The van der Waals surface area contributed by atoms with Gasteiger partial charge in [-0.1, -0.05) is 0 Å². The van der Waals surface area contributed by atoms with Gasteiger partial charge in [0.2, 0.25) is 0 Å². The van der Waals surface area contributed by atoms with E-state index in [4.69, 9.17) is 37.9 Å². The summed E-state index contributed by atoms with van der Waals surface area (Å²) in [5.74, 6) is 0. The first kappa shape index (κ1) is 44.0. The molecule has 11 N–H and O–H groups in total. The maximum atomic E-state index is 12.7. The molecule has 53 heavy (non-hydrogen) atoms. The number of amides is 4. The Morgan fingerprint density at radius 1 is 0.566 bits per heavy atom. The molecule has 23 heteroatoms. The molecule has 0 spiro atoms. The molecule has 306 valence electrons. The summed E-state index contributed by atoms with van der Waals surface area (Å²) in [6, 6.07) is -4.10. The fraction of sp³-hybridized carbons (Fsp3) is 0.867. The number of alkyl carbamates (subject to hydrolysis) is 4. The Morgan fingerprint density at radius 3 is 1.51 bits per heavy atom. The fourth-order valence-electron chi connectivity index (χ4n) is 6.04. The molecule has 15 atom stereocenters. The molecule has 0 unspecified atom stereocenters. The monoisotopic (exact) mass is 772 g/mol. The first-order valence-electron chi connectivity index (χ1n) is 17.2. The zero-order chi connectivity index (χ0) is 39.4. The van der Waals surface area contributed by atoms with Crippen LogP contribution < -0.4 is 21.3 Å². The highest BCUT2D eigenvalue weighted by Crippen LogP contribution is 2.33. The minimum atomic E-state index is -1.96. The predicted molar refractivity (Wildman–Crippen MR) is 172 cm³/mol. The molecule has 0 bridgehead atoms. The molecular weight excluding hydrogens is 720 g/mol. The van der Waals surface area contributed by atoms with E-state index in [-0.39, 0.29) is 32.8 Å². The fourth-order valence-corrected chi connectivity index (χ4v) is 6.04. The van der Waals surface area contributed by atoms with Gasteiger partial charge in [0.25, 0.3) is 0 Å². The number of nitrogens with one attached hydrogen (secondary N) is 4. The van der Waals surface area contributed by atoms with Crippen molar-refractivity contribution >= 4 is 24.4 Å². The molecule has 0 radical (unpaired) electrons. The lowest BCUT2D eigenvalue weighted by Gasteiger charge is -2.49. The summed E-state index contributed by atoms with van der Waals surface area (Å²) in [7, 11) is 0. The number of carbonyl (C=O) groups excluding carboxylic acids is 4. The first-order valence-corrected chi connectivity index (χ1v) is 17.2. The van der Waals surface area contributed by atoms with Gasteiger partial charge in [0.1, 0.15) is 61.0 Å². The Balaban J connectivity index is 1.98. The first-order chi connectivity index (χ1) is 25.2. The zero-order valence-corrected chi connectivity index (χ0v) is 29.6. The van der Waals surface area contributed by atoms with Crippen molar-refractivity contribution in [2.45, 2.75) is 126 Å². The average Bonchev–Trinajstić information content (AvgIpc) is 3.10. The third-order valence-electron chi connectivity index (χ3n) is 8.55. The Morgan fingerprint density at radius 2 is 1.02 bits per heavy atom. The molecule has 2 saturated heterocycles. The maximum Gasteiger partial charge on any atom is 0.407 e. The van der Waals surface area contributed by atoms with Crippen LogP contribution in [-0.4, -0.2) is 191 Å². The average molecular weight is 773 g/mol. The van der Waals surface area contributed by atoms with E-state index in [1.165, 1.54) is 20.8 Å². The van der Waals surface area contributed by atoms with E-state index in [1.54, 1.807) is 6.92 Å². The number of rotatable bonds is 14. The maximum absolute atomic E-state index is 12.7. The lowest BCUT2D eigenvalue weighted by atomic mass is 9.83. The standard InChI is InChI=1S/C30H52N4O19/c1-5-46-27(42)31-10-14-18(37)20(39)21(40)26(50-14)53-24-13(33-29(44)48-7-3)9-12(32-28(43)47-6-2)23(22(24)41)52-25-19(38)16(34-30(45)49-8-4)17(36)15(11-35)51-25/h12-26,35-41H,5-11H2,1-4H3,(H,31,42)(H,32,43)(H,33,44)(H,34,45)/t12-,13+,14-,15-,16+,17-,18-,19-,20+,21-,22-,23+,24-,25+,26-/m1/s1. The van der Waals surface area contributed by atoms with Crippen LogP contribution in [0.25, 0.3) is 0 Å². The summed E-state index contributed by atoms with van der Waals surface area (Å²) < 4.78 is 42.9. The van der Waals surface area contributed by atoms with Crippen LogP contribution in [0.1, 0.15) is 34.1 Å². The van der Waals surface area contributed by atoms with Crippen LogP contribution in [0.2, 0.25) is 0 Å². The van der Waals surface area contributed by atoms with E-state index in [2.05, 4.69) is 21.3 Å². The van der Waals surface area contributed by atoms with Crippen molar-refractivity contribution in [3.63, 3.8) is 0 Å². The summed E-state index contributed by atoms with van der Waals surface area (Å²) in [6.07, 6.45) is -25.1. The van der Waals surface area contributed by atoms with E-state index >= 15 is 0 Å². The topological polar surface area (TPSA) is 332 Å². The molecule has 4 amide bonds. The number of hydrogen-bond acceptors (Lipinski definition) is 19. The highest BCUT2D eigenvalue weighted by atomic mass is 16.7. The Kier molecular flexibility index (Phi) is 17.4.